The van der Waals surface area contributed by atoms with Crippen LogP contribution in [-0.4, -0.2) is 19.5 Å². The molecule has 3 aromatic rings. The van der Waals surface area contributed by atoms with Crippen LogP contribution in [0.1, 0.15) is 15.2 Å². The van der Waals surface area contributed by atoms with Gasteiger partial charge < -0.3 is 5.11 Å². The largest absolute Gasteiger partial charge is 0.477 e. The Balaban J connectivity index is 1.97. The van der Waals surface area contributed by atoms with Crippen LogP contribution in [0.3, 0.4) is 0 Å². The summed E-state index contributed by atoms with van der Waals surface area (Å²) < 4.78 is 65.8. The fourth-order valence-corrected chi connectivity index (χ4v) is 6.32. The monoisotopic (exact) mass is 511 g/mol. The third-order valence-corrected chi connectivity index (χ3v) is 8.13. The van der Waals surface area contributed by atoms with Crippen molar-refractivity contribution < 1.29 is 31.5 Å². The third-order valence-electron chi connectivity index (χ3n) is 3.48. The van der Waals surface area contributed by atoms with Gasteiger partial charge in [-0.05, 0) is 51.8 Å². The number of anilines is 1. The molecule has 0 fully saturated rings. The van der Waals surface area contributed by atoms with Crippen molar-refractivity contribution in [1.29, 1.82) is 0 Å². The molecular formula is C16H9BrF3NO4S3. The molecule has 0 saturated carbocycles. The van der Waals surface area contributed by atoms with Gasteiger partial charge in [-0.3, -0.25) is 4.72 Å². The van der Waals surface area contributed by atoms with Gasteiger partial charge in [0.1, 0.15) is 9.09 Å². The first kappa shape index (κ1) is 20.8. The van der Waals surface area contributed by atoms with Crippen LogP contribution < -0.4 is 4.72 Å². The first-order valence-electron chi connectivity index (χ1n) is 7.30. The van der Waals surface area contributed by atoms with Crippen molar-refractivity contribution in [2.24, 2.45) is 0 Å². The average Bonchev–Trinajstić information content (AvgIpc) is 3.21. The molecule has 5 nitrogen and oxygen atoms in total. The Morgan fingerprint density at radius 2 is 1.71 bits per heavy atom. The van der Waals surface area contributed by atoms with E-state index in [-0.39, 0.29) is 14.8 Å². The molecule has 148 valence electrons. The minimum atomic E-state index is -4.49. The number of carboxylic acids is 1. The van der Waals surface area contributed by atoms with E-state index in [4.69, 9.17) is 0 Å². The fraction of sp³-hybridized carbons (Fsp3) is 0.0625. The number of hydrogen-bond acceptors (Lipinski definition) is 5. The number of halogens is 4. The van der Waals surface area contributed by atoms with Crippen molar-refractivity contribution in [2.75, 3.05) is 4.72 Å². The van der Waals surface area contributed by atoms with Gasteiger partial charge in [0.05, 0.1) is 15.0 Å². The van der Waals surface area contributed by atoms with Gasteiger partial charge in [0.15, 0.2) is 0 Å². The van der Waals surface area contributed by atoms with Gasteiger partial charge in [-0.2, -0.15) is 13.2 Å². The van der Waals surface area contributed by atoms with Crippen molar-refractivity contribution in [2.45, 2.75) is 10.4 Å². The zero-order valence-corrected chi connectivity index (χ0v) is 17.5. The number of hydrogen-bond donors (Lipinski definition) is 2. The number of nitrogens with one attached hydrogen (secondary N) is 1. The number of benzene rings is 1. The molecule has 28 heavy (non-hydrogen) atoms. The molecule has 12 heteroatoms. The minimum absolute atomic E-state index is 0.0157. The van der Waals surface area contributed by atoms with Gasteiger partial charge in [0, 0.05) is 4.88 Å². The van der Waals surface area contributed by atoms with E-state index in [1.54, 1.807) is 6.07 Å². The highest BCUT2D eigenvalue weighted by atomic mass is 79.9. The molecule has 2 N–H and O–H groups in total. The molecule has 0 saturated heterocycles. The molecule has 0 radical (unpaired) electrons. The van der Waals surface area contributed by atoms with Gasteiger partial charge in [0.25, 0.3) is 10.0 Å². The Bertz CT molecular complexity index is 1130. The molecule has 0 aliphatic carbocycles. The van der Waals surface area contributed by atoms with E-state index < -0.39 is 27.7 Å². The van der Waals surface area contributed by atoms with E-state index in [2.05, 4.69) is 20.7 Å². The zero-order valence-electron chi connectivity index (χ0n) is 13.5. The predicted octanol–water partition coefficient (Wildman–Crippen LogP) is 5.76. The summed E-state index contributed by atoms with van der Waals surface area (Å²) in [4.78, 5) is 11.5. The second-order valence-electron chi connectivity index (χ2n) is 5.40. The highest BCUT2D eigenvalue weighted by Crippen LogP contribution is 2.38. The number of alkyl halides is 3. The van der Waals surface area contributed by atoms with Crippen LogP contribution in [0.2, 0.25) is 0 Å². The van der Waals surface area contributed by atoms with E-state index in [1.165, 1.54) is 24.3 Å². The molecule has 0 spiro atoms. The third kappa shape index (κ3) is 4.40. The number of rotatable bonds is 5. The van der Waals surface area contributed by atoms with Gasteiger partial charge in [0.2, 0.25) is 0 Å². The first-order valence-corrected chi connectivity index (χ1v) is 11.2. The van der Waals surface area contributed by atoms with Crippen LogP contribution in [0.25, 0.3) is 10.4 Å². The van der Waals surface area contributed by atoms with Gasteiger partial charge >= 0.3 is 12.1 Å². The van der Waals surface area contributed by atoms with Crippen LogP contribution in [-0.2, 0) is 16.2 Å². The molecular weight excluding hydrogens is 503 g/mol. The zero-order chi connectivity index (χ0) is 20.7. The lowest BCUT2D eigenvalue weighted by Crippen LogP contribution is -2.13. The second-order valence-corrected chi connectivity index (χ2v) is 10.8. The standard InChI is InChI=1S/C16H9BrF3NO4S3/c17-12-5-6-13(27-12)28(24,25)21-10-7-11(26-14(10)15(22)23)8-1-3-9(4-2-8)16(18,19)20/h1-7,21H,(H,22,23). The highest BCUT2D eigenvalue weighted by molar-refractivity contribution is 9.11. The highest BCUT2D eigenvalue weighted by Gasteiger charge is 2.30. The van der Waals surface area contributed by atoms with Crippen molar-refractivity contribution in [3.8, 4) is 10.4 Å². The summed E-state index contributed by atoms with van der Waals surface area (Å²) in [5, 5.41) is 9.37. The number of sulfonamides is 1. The number of carboxylic acid groups (broad SMARTS) is 1. The summed E-state index contributed by atoms with van der Waals surface area (Å²) in [5.74, 6) is -1.35. The maximum atomic E-state index is 12.7. The maximum Gasteiger partial charge on any atom is 0.416 e. The molecule has 2 aromatic heterocycles. The normalized spacial score (nSPS) is 12.1. The molecule has 0 aliphatic heterocycles. The molecule has 0 aliphatic rings. The van der Waals surface area contributed by atoms with Crippen molar-refractivity contribution in [3.05, 3.63) is 56.7 Å². The quantitative estimate of drug-likeness (QED) is 0.456. The van der Waals surface area contributed by atoms with Gasteiger partial charge in [-0.25, -0.2) is 13.2 Å². The van der Waals surface area contributed by atoms with Crippen molar-refractivity contribution in [3.63, 3.8) is 0 Å². The van der Waals surface area contributed by atoms with Crippen LogP contribution >= 0.6 is 38.6 Å². The van der Waals surface area contributed by atoms with Crippen molar-refractivity contribution >= 4 is 60.3 Å². The Morgan fingerprint density at radius 3 is 2.21 bits per heavy atom. The Hall–Kier alpha value is -1.89. The first-order chi connectivity index (χ1) is 13.0. The molecule has 0 bridgehead atoms. The average molecular weight is 512 g/mol. The maximum absolute atomic E-state index is 12.7. The van der Waals surface area contributed by atoms with Gasteiger partial charge in [-0.1, -0.05) is 12.1 Å². The fourth-order valence-electron chi connectivity index (χ4n) is 2.23. The molecule has 0 unspecified atom stereocenters. The van der Waals surface area contributed by atoms with Crippen molar-refractivity contribution in [1.82, 2.24) is 0 Å². The topological polar surface area (TPSA) is 83.5 Å². The molecule has 0 amide bonds. The molecule has 2 heterocycles. The summed E-state index contributed by atoms with van der Waals surface area (Å²) in [6, 6.07) is 8.35. The lowest BCUT2D eigenvalue weighted by atomic mass is 10.1. The summed E-state index contributed by atoms with van der Waals surface area (Å²) in [5.41, 5.74) is -0.655. The summed E-state index contributed by atoms with van der Waals surface area (Å²) in [6.45, 7) is 0. The Labute approximate surface area is 173 Å². The second kappa shape index (κ2) is 7.50. The molecule has 0 atom stereocenters. The summed E-state index contributed by atoms with van der Waals surface area (Å²) in [7, 11) is -4.01. The van der Waals surface area contributed by atoms with E-state index in [0.717, 1.165) is 34.8 Å². The lowest BCUT2D eigenvalue weighted by molar-refractivity contribution is -0.137. The number of thiophene rings is 2. The predicted molar refractivity (Wildman–Crippen MR) is 105 cm³/mol. The van der Waals surface area contributed by atoms with Gasteiger partial charge in [-0.15, -0.1) is 22.7 Å². The number of aromatic carboxylic acids is 1. The van der Waals surface area contributed by atoms with Crippen LogP contribution in [0, 0.1) is 0 Å². The summed E-state index contributed by atoms with van der Waals surface area (Å²) in [6.07, 6.45) is -4.49. The minimum Gasteiger partial charge on any atom is -0.477 e. The van der Waals surface area contributed by atoms with E-state index in [0.29, 0.717) is 14.2 Å². The van der Waals surface area contributed by atoms with Crippen LogP contribution in [0.4, 0.5) is 18.9 Å². The Kier molecular flexibility index (Phi) is 5.58. The van der Waals surface area contributed by atoms with E-state index in [1.807, 2.05) is 0 Å². The smallest absolute Gasteiger partial charge is 0.416 e. The summed E-state index contributed by atoms with van der Waals surface area (Å²) >= 11 is 4.87. The van der Waals surface area contributed by atoms with E-state index >= 15 is 0 Å². The Morgan fingerprint density at radius 1 is 1.07 bits per heavy atom. The number of carbonyl (C=O) groups is 1. The molecule has 3 rings (SSSR count). The van der Waals surface area contributed by atoms with E-state index in [9.17, 15) is 31.5 Å². The lowest BCUT2D eigenvalue weighted by Gasteiger charge is -2.06. The SMILES string of the molecule is O=C(O)c1sc(-c2ccc(C(F)(F)F)cc2)cc1NS(=O)(=O)c1ccc(Br)s1. The van der Waals surface area contributed by atoms with Crippen LogP contribution in [0.15, 0.2) is 50.5 Å². The van der Waals surface area contributed by atoms with Crippen LogP contribution in [0.5, 0.6) is 0 Å². The molecule has 1 aromatic carbocycles.